The fourth-order valence-corrected chi connectivity index (χ4v) is 5.13. The molecule has 2 aromatic heterocycles. The van der Waals surface area contributed by atoms with E-state index in [4.69, 9.17) is 13.9 Å². The molecule has 1 amide bonds. The van der Waals surface area contributed by atoms with Crippen molar-refractivity contribution in [3.8, 4) is 11.5 Å². The summed E-state index contributed by atoms with van der Waals surface area (Å²) >= 11 is 1.42. The van der Waals surface area contributed by atoms with Crippen LogP contribution in [0.5, 0.6) is 11.5 Å². The molecular formula is C26H24N2O5S. The number of amides is 1. The van der Waals surface area contributed by atoms with E-state index in [1.165, 1.54) is 11.3 Å². The molecule has 1 atom stereocenters. The smallest absolute Gasteiger partial charge is 0.297 e. The van der Waals surface area contributed by atoms with E-state index in [0.717, 1.165) is 21.9 Å². The summed E-state index contributed by atoms with van der Waals surface area (Å²) in [6, 6.07) is 11.9. The number of aromatic nitrogens is 1. The third-order valence-corrected chi connectivity index (χ3v) is 6.96. The molecule has 0 fully saturated rings. The Hall–Kier alpha value is -3.65. The molecule has 1 unspecified atom stereocenters. The van der Waals surface area contributed by atoms with Crippen LogP contribution < -0.4 is 19.8 Å². The van der Waals surface area contributed by atoms with Gasteiger partial charge in [0.05, 0.1) is 35.9 Å². The maximum absolute atomic E-state index is 13.7. The van der Waals surface area contributed by atoms with Crippen LogP contribution in [0.2, 0.25) is 0 Å². The van der Waals surface area contributed by atoms with Crippen molar-refractivity contribution in [1.82, 2.24) is 4.98 Å². The van der Waals surface area contributed by atoms with Crippen LogP contribution in [0.15, 0.2) is 51.7 Å². The number of carbonyl (C=O) groups excluding carboxylic acids is 1. The molecule has 0 N–H and O–H groups in total. The number of rotatable bonds is 6. The summed E-state index contributed by atoms with van der Waals surface area (Å²) in [5.41, 5.74) is 2.02. The number of anilines is 1. The average Bonchev–Trinajstić information content (AvgIpc) is 3.31. The monoisotopic (exact) mass is 476 g/mol. The number of aryl methyl sites for hydroxylation is 2. The van der Waals surface area contributed by atoms with E-state index >= 15 is 0 Å². The predicted molar refractivity (Wildman–Crippen MR) is 132 cm³/mol. The number of nitrogens with zero attached hydrogens (tertiary/aromatic N) is 2. The van der Waals surface area contributed by atoms with E-state index in [1.807, 2.05) is 52.0 Å². The van der Waals surface area contributed by atoms with Gasteiger partial charge in [-0.25, -0.2) is 4.98 Å². The zero-order valence-electron chi connectivity index (χ0n) is 19.4. The third-order valence-electron chi connectivity index (χ3n) is 5.88. The Morgan fingerprint density at radius 1 is 1.00 bits per heavy atom. The Balaban J connectivity index is 1.73. The summed E-state index contributed by atoms with van der Waals surface area (Å²) in [5.74, 6) is 0.950. The van der Waals surface area contributed by atoms with Gasteiger partial charge >= 0.3 is 0 Å². The zero-order valence-corrected chi connectivity index (χ0v) is 20.2. The predicted octanol–water partition coefficient (Wildman–Crippen LogP) is 5.41. The first kappa shape index (κ1) is 22.2. The summed E-state index contributed by atoms with van der Waals surface area (Å²) in [6.45, 7) is 8.69. The highest BCUT2D eigenvalue weighted by Gasteiger charge is 2.45. The number of thiazole rings is 1. The van der Waals surface area contributed by atoms with Gasteiger partial charge in [-0.05, 0) is 57.5 Å². The first-order chi connectivity index (χ1) is 16.4. The molecule has 1 aliphatic rings. The number of carbonyl (C=O) groups is 1. The number of ether oxygens (including phenoxy) is 2. The van der Waals surface area contributed by atoms with Gasteiger partial charge in [-0.1, -0.05) is 12.1 Å². The lowest BCUT2D eigenvalue weighted by molar-refractivity contribution is 0.0971. The second kappa shape index (κ2) is 8.61. The van der Waals surface area contributed by atoms with Crippen molar-refractivity contribution in [2.45, 2.75) is 33.7 Å². The van der Waals surface area contributed by atoms with Gasteiger partial charge in [-0.2, -0.15) is 0 Å². The van der Waals surface area contributed by atoms with E-state index in [2.05, 4.69) is 4.98 Å². The highest BCUT2D eigenvalue weighted by Crippen LogP contribution is 2.43. The molecule has 1 aliphatic heterocycles. The van der Waals surface area contributed by atoms with Crippen LogP contribution in [0, 0.1) is 13.8 Å². The van der Waals surface area contributed by atoms with Gasteiger partial charge in [0.2, 0.25) is 5.76 Å². The normalized spacial score (nSPS) is 15.1. The minimum atomic E-state index is -0.657. The summed E-state index contributed by atoms with van der Waals surface area (Å²) < 4.78 is 17.2. The van der Waals surface area contributed by atoms with Crippen molar-refractivity contribution in [1.29, 1.82) is 0 Å². The van der Waals surface area contributed by atoms with Gasteiger partial charge in [-0.15, -0.1) is 11.3 Å². The number of hydrogen-bond acceptors (Lipinski definition) is 7. The first-order valence-corrected chi connectivity index (χ1v) is 12.0. The SMILES string of the molecule is CCOc1ccc(C2c3c(oc4cc(OCC)ccc4c3=O)C(=O)N2c2nc(C)c(C)s2)cc1. The van der Waals surface area contributed by atoms with Crippen molar-refractivity contribution >= 4 is 33.3 Å². The van der Waals surface area contributed by atoms with Crippen molar-refractivity contribution in [3.05, 3.63) is 80.1 Å². The molecular weight excluding hydrogens is 452 g/mol. The fourth-order valence-electron chi connectivity index (χ4n) is 4.19. The third kappa shape index (κ3) is 3.54. The van der Waals surface area contributed by atoms with E-state index in [-0.39, 0.29) is 17.1 Å². The van der Waals surface area contributed by atoms with E-state index in [9.17, 15) is 9.59 Å². The Morgan fingerprint density at radius 3 is 2.32 bits per heavy atom. The number of hydrogen-bond donors (Lipinski definition) is 0. The second-order valence-electron chi connectivity index (χ2n) is 7.98. The van der Waals surface area contributed by atoms with E-state index in [0.29, 0.717) is 40.6 Å². The van der Waals surface area contributed by atoms with Crippen molar-refractivity contribution in [2.24, 2.45) is 0 Å². The van der Waals surface area contributed by atoms with Gasteiger partial charge in [-0.3, -0.25) is 14.5 Å². The summed E-state index contributed by atoms with van der Waals surface area (Å²) in [4.78, 5) is 34.6. The van der Waals surface area contributed by atoms with Crippen molar-refractivity contribution in [2.75, 3.05) is 18.1 Å². The van der Waals surface area contributed by atoms with Gasteiger partial charge in [0, 0.05) is 10.9 Å². The molecule has 0 bridgehead atoms. The molecule has 7 nitrogen and oxygen atoms in total. The summed E-state index contributed by atoms with van der Waals surface area (Å²) in [7, 11) is 0. The fraction of sp³-hybridized carbons (Fsp3) is 0.269. The summed E-state index contributed by atoms with van der Waals surface area (Å²) in [6.07, 6.45) is 0. The minimum Gasteiger partial charge on any atom is -0.494 e. The lowest BCUT2D eigenvalue weighted by Crippen LogP contribution is -2.29. The Morgan fingerprint density at radius 2 is 1.68 bits per heavy atom. The molecule has 8 heteroatoms. The van der Waals surface area contributed by atoms with Crippen LogP contribution in [-0.4, -0.2) is 24.1 Å². The Kier molecular flexibility index (Phi) is 5.61. The topological polar surface area (TPSA) is 81.9 Å². The molecule has 2 aromatic carbocycles. The van der Waals surface area contributed by atoms with Crippen LogP contribution in [0.25, 0.3) is 11.0 Å². The van der Waals surface area contributed by atoms with Gasteiger partial charge in [0.1, 0.15) is 17.1 Å². The Bertz CT molecular complexity index is 1440. The molecule has 4 aromatic rings. The van der Waals surface area contributed by atoms with Gasteiger partial charge in [0.15, 0.2) is 10.6 Å². The van der Waals surface area contributed by atoms with Gasteiger partial charge < -0.3 is 13.9 Å². The molecule has 3 heterocycles. The molecule has 0 saturated carbocycles. The second-order valence-corrected chi connectivity index (χ2v) is 9.16. The number of fused-ring (bicyclic) bond motifs is 2. The van der Waals surface area contributed by atoms with Crippen LogP contribution >= 0.6 is 11.3 Å². The van der Waals surface area contributed by atoms with Crippen molar-refractivity contribution < 1.29 is 18.7 Å². The van der Waals surface area contributed by atoms with Crippen LogP contribution in [0.1, 0.15) is 52.1 Å². The molecule has 0 aliphatic carbocycles. The highest BCUT2D eigenvalue weighted by molar-refractivity contribution is 7.15. The standard InChI is InChI=1S/C26H24N2O5S/c1-5-31-17-9-7-16(8-10-17)22-21-23(29)19-12-11-18(32-6-2)13-20(19)33-24(21)25(30)28(22)26-27-14(3)15(4)34-26/h7-13,22H,5-6H2,1-4H3. The van der Waals surface area contributed by atoms with E-state index < -0.39 is 6.04 Å². The lowest BCUT2D eigenvalue weighted by Gasteiger charge is -2.22. The first-order valence-electron chi connectivity index (χ1n) is 11.2. The van der Waals surface area contributed by atoms with Gasteiger partial charge in [0.25, 0.3) is 5.91 Å². The minimum absolute atomic E-state index is 0.0375. The molecule has 174 valence electrons. The van der Waals surface area contributed by atoms with Crippen LogP contribution in [0.4, 0.5) is 5.13 Å². The summed E-state index contributed by atoms with van der Waals surface area (Å²) in [5, 5.41) is 0.933. The quantitative estimate of drug-likeness (QED) is 0.370. The maximum atomic E-state index is 13.7. The largest absolute Gasteiger partial charge is 0.494 e. The molecule has 0 spiro atoms. The Labute approximate surface area is 200 Å². The molecule has 0 radical (unpaired) electrons. The van der Waals surface area contributed by atoms with E-state index in [1.54, 1.807) is 23.1 Å². The molecule has 5 rings (SSSR count). The molecule has 0 saturated heterocycles. The van der Waals surface area contributed by atoms with Crippen LogP contribution in [-0.2, 0) is 0 Å². The zero-order chi connectivity index (χ0) is 24.0. The number of benzene rings is 2. The maximum Gasteiger partial charge on any atom is 0.297 e. The average molecular weight is 477 g/mol. The molecule has 34 heavy (non-hydrogen) atoms. The lowest BCUT2D eigenvalue weighted by atomic mass is 9.98. The highest BCUT2D eigenvalue weighted by atomic mass is 32.1. The van der Waals surface area contributed by atoms with Crippen molar-refractivity contribution in [3.63, 3.8) is 0 Å². The van der Waals surface area contributed by atoms with Crippen LogP contribution in [0.3, 0.4) is 0 Å².